The Labute approximate surface area is 175 Å². The van der Waals surface area contributed by atoms with Gasteiger partial charge in [0.1, 0.15) is 5.82 Å². The van der Waals surface area contributed by atoms with Crippen LogP contribution >= 0.6 is 23.2 Å². The van der Waals surface area contributed by atoms with Crippen molar-refractivity contribution in [3.8, 4) is 16.9 Å². The molecule has 0 saturated carbocycles. The van der Waals surface area contributed by atoms with Gasteiger partial charge >= 0.3 is 5.97 Å². The van der Waals surface area contributed by atoms with E-state index in [2.05, 4.69) is 4.98 Å². The Balaban J connectivity index is 2.04. The quantitative estimate of drug-likeness (QED) is 0.492. The van der Waals surface area contributed by atoms with E-state index < -0.39 is 22.9 Å². The molecule has 0 aliphatic rings. The number of nitrogens with zero attached hydrogens (tertiary/aromatic N) is 1. The number of nitrogen functional groups attached to an aromatic ring is 1. The molecule has 9 heteroatoms. The van der Waals surface area contributed by atoms with Gasteiger partial charge in [-0.2, -0.15) is 0 Å². The van der Waals surface area contributed by atoms with Crippen LogP contribution < -0.4 is 10.5 Å². The number of rotatable bonds is 6. The van der Waals surface area contributed by atoms with Crippen LogP contribution in [0.25, 0.3) is 11.1 Å². The van der Waals surface area contributed by atoms with Gasteiger partial charge in [-0.25, -0.2) is 14.2 Å². The molecular weight excluding hydrogens is 422 g/mol. The highest BCUT2D eigenvalue weighted by atomic mass is 35.5. The predicted octanol–water partition coefficient (Wildman–Crippen LogP) is 4.47. The number of hydrogen-bond donors (Lipinski definition) is 3. The Morgan fingerprint density at radius 3 is 2.66 bits per heavy atom. The lowest BCUT2D eigenvalue weighted by Crippen LogP contribution is -2.20. The van der Waals surface area contributed by atoms with E-state index in [-0.39, 0.29) is 28.8 Å². The van der Waals surface area contributed by atoms with Crippen LogP contribution in [0.3, 0.4) is 0 Å². The number of halogens is 3. The highest BCUT2D eigenvalue weighted by molar-refractivity contribution is 6.36. The Hall–Kier alpha value is -2.87. The van der Waals surface area contributed by atoms with Crippen LogP contribution in [-0.4, -0.2) is 21.2 Å². The number of aliphatic hydroxyl groups is 1. The molecule has 1 unspecified atom stereocenters. The molecular formula is C20H15Cl2FN2O4. The summed E-state index contributed by atoms with van der Waals surface area (Å²) in [6.45, 7) is -0.142. The molecule has 29 heavy (non-hydrogen) atoms. The van der Waals surface area contributed by atoms with E-state index in [1.165, 1.54) is 18.3 Å². The molecule has 0 fully saturated rings. The molecule has 1 atom stereocenters. The molecule has 1 heterocycles. The number of pyridine rings is 1. The van der Waals surface area contributed by atoms with E-state index in [4.69, 9.17) is 33.7 Å². The second-order valence-corrected chi connectivity index (χ2v) is 6.84. The molecule has 3 aromatic rings. The van der Waals surface area contributed by atoms with Gasteiger partial charge in [0.25, 0.3) is 0 Å². The van der Waals surface area contributed by atoms with Crippen molar-refractivity contribution in [1.82, 2.24) is 4.98 Å². The second kappa shape index (κ2) is 8.65. The topological polar surface area (TPSA) is 106 Å². The fourth-order valence-electron chi connectivity index (χ4n) is 2.70. The summed E-state index contributed by atoms with van der Waals surface area (Å²) in [6, 6.07) is 10.7. The summed E-state index contributed by atoms with van der Waals surface area (Å²) in [6.07, 6.45) is -0.231. The molecule has 0 radical (unpaired) electrons. The van der Waals surface area contributed by atoms with Crippen LogP contribution in [0, 0.1) is 5.82 Å². The van der Waals surface area contributed by atoms with Gasteiger partial charge in [0.2, 0.25) is 6.10 Å². The molecule has 6 nitrogen and oxygen atoms in total. The monoisotopic (exact) mass is 436 g/mol. The average molecular weight is 437 g/mol. The van der Waals surface area contributed by atoms with Gasteiger partial charge in [0.15, 0.2) is 11.6 Å². The fourth-order valence-corrected chi connectivity index (χ4v) is 3.27. The first-order valence-electron chi connectivity index (χ1n) is 8.30. The number of aliphatic hydroxyl groups excluding tert-OH is 1. The predicted molar refractivity (Wildman–Crippen MR) is 107 cm³/mol. The van der Waals surface area contributed by atoms with Crippen molar-refractivity contribution < 1.29 is 24.1 Å². The molecule has 0 amide bonds. The first kappa shape index (κ1) is 20.9. The highest BCUT2D eigenvalue weighted by Gasteiger charge is 2.29. The normalized spacial score (nSPS) is 11.9. The Kier molecular flexibility index (Phi) is 6.22. The summed E-state index contributed by atoms with van der Waals surface area (Å²) in [5.41, 5.74) is 7.59. The largest absolute Gasteiger partial charge is 0.478 e. The summed E-state index contributed by atoms with van der Waals surface area (Å²) in [5, 5.41) is 18.4. The van der Waals surface area contributed by atoms with E-state index in [9.17, 15) is 19.4 Å². The van der Waals surface area contributed by atoms with Gasteiger partial charge in [-0.15, -0.1) is 0 Å². The smallest absolute Gasteiger partial charge is 0.349 e. The minimum absolute atomic E-state index is 0.0410. The molecule has 4 N–H and O–H groups in total. The lowest BCUT2D eigenvalue weighted by atomic mass is 10.0. The summed E-state index contributed by atoms with van der Waals surface area (Å²) in [5.74, 6) is -2.38. The first-order valence-corrected chi connectivity index (χ1v) is 9.06. The Morgan fingerprint density at radius 2 is 1.97 bits per heavy atom. The summed E-state index contributed by atoms with van der Waals surface area (Å²) < 4.78 is 19.4. The van der Waals surface area contributed by atoms with Gasteiger partial charge < -0.3 is 20.7 Å². The Morgan fingerprint density at radius 1 is 1.21 bits per heavy atom. The second-order valence-electron chi connectivity index (χ2n) is 6.06. The minimum Gasteiger partial charge on any atom is -0.478 e. The van der Waals surface area contributed by atoms with Crippen molar-refractivity contribution in [2.24, 2.45) is 0 Å². The number of nitrogens with two attached hydrogens (primary N) is 1. The number of carboxylic acid groups (broad SMARTS) is 1. The minimum atomic E-state index is -1.71. The third-order valence-electron chi connectivity index (χ3n) is 4.14. The molecule has 1 aromatic heterocycles. The number of aromatic nitrogens is 1. The number of carbonyl (C=O) groups is 1. The van der Waals surface area contributed by atoms with Crippen LogP contribution in [0.4, 0.5) is 10.2 Å². The first-order chi connectivity index (χ1) is 13.8. The molecule has 3 rings (SSSR count). The van der Waals surface area contributed by atoms with Crippen molar-refractivity contribution in [3.05, 3.63) is 75.7 Å². The maximum absolute atomic E-state index is 13.9. The van der Waals surface area contributed by atoms with Crippen LogP contribution in [0.2, 0.25) is 10.0 Å². The van der Waals surface area contributed by atoms with Gasteiger partial charge in [-0.05, 0) is 35.4 Å². The van der Waals surface area contributed by atoms with Crippen LogP contribution in [0.1, 0.15) is 17.2 Å². The number of benzene rings is 2. The third-order valence-corrected chi connectivity index (χ3v) is 4.85. The number of carboxylic acids is 1. The number of hydrogen-bond acceptors (Lipinski definition) is 5. The van der Waals surface area contributed by atoms with Crippen LogP contribution in [0.5, 0.6) is 5.75 Å². The van der Waals surface area contributed by atoms with E-state index in [1.807, 2.05) is 0 Å². The maximum Gasteiger partial charge on any atom is 0.349 e. The van der Waals surface area contributed by atoms with Crippen molar-refractivity contribution in [2.45, 2.75) is 12.7 Å². The van der Waals surface area contributed by atoms with Crippen LogP contribution in [0.15, 0.2) is 48.7 Å². The zero-order chi connectivity index (χ0) is 21.1. The maximum atomic E-state index is 13.9. The molecule has 0 saturated heterocycles. The lowest BCUT2D eigenvalue weighted by molar-refractivity contribution is -0.145. The average Bonchev–Trinajstić information content (AvgIpc) is 2.71. The number of aliphatic carboxylic acids is 1. The summed E-state index contributed by atoms with van der Waals surface area (Å²) in [7, 11) is 0. The molecule has 0 aliphatic carbocycles. The van der Waals surface area contributed by atoms with Gasteiger partial charge in [0, 0.05) is 22.3 Å². The molecule has 0 bridgehead atoms. The van der Waals surface area contributed by atoms with Crippen LogP contribution in [-0.2, 0) is 11.4 Å². The van der Waals surface area contributed by atoms with E-state index in [0.717, 1.165) is 6.07 Å². The Bertz CT molecular complexity index is 1080. The third kappa shape index (κ3) is 4.42. The van der Waals surface area contributed by atoms with Gasteiger partial charge in [-0.1, -0.05) is 41.4 Å². The summed E-state index contributed by atoms with van der Waals surface area (Å²) >= 11 is 12.0. The van der Waals surface area contributed by atoms with E-state index >= 15 is 0 Å². The van der Waals surface area contributed by atoms with Gasteiger partial charge in [-0.3, -0.25) is 0 Å². The number of ether oxygens (including phenoxy) is 1. The van der Waals surface area contributed by atoms with Crippen molar-refractivity contribution in [3.63, 3.8) is 0 Å². The SMILES string of the molecule is Nc1ncc(-c2cccc(CO)c2)cc1OC(C(=O)O)c1c(Cl)ccc(F)c1Cl. The highest BCUT2D eigenvalue weighted by Crippen LogP contribution is 2.37. The number of anilines is 1. The lowest BCUT2D eigenvalue weighted by Gasteiger charge is -2.19. The summed E-state index contributed by atoms with van der Waals surface area (Å²) in [4.78, 5) is 15.9. The molecule has 0 spiro atoms. The molecule has 0 aliphatic heterocycles. The van der Waals surface area contributed by atoms with Crippen molar-refractivity contribution >= 4 is 35.0 Å². The zero-order valence-corrected chi connectivity index (χ0v) is 16.3. The van der Waals surface area contributed by atoms with Crippen molar-refractivity contribution in [2.75, 3.05) is 5.73 Å². The van der Waals surface area contributed by atoms with E-state index in [1.54, 1.807) is 24.3 Å². The van der Waals surface area contributed by atoms with Crippen molar-refractivity contribution in [1.29, 1.82) is 0 Å². The van der Waals surface area contributed by atoms with E-state index in [0.29, 0.717) is 16.7 Å². The zero-order valence-electron chi connectivity index (χ0n) is 14.8. The fraction of sp³-hybridized carbons (Fsp3) is 0.100. The molecule has 150 valence electrons. The van der Waals surface area contributed by atoms with Gasteiger partial charge in [0.05, 0.1) is 11.6 Å². The standard InChI is InChI=1S/C20H15Cl2FN2O4/c21-13-4-5-14(23)17(22)16(13)18(20(27)28)29-15-7-12(8-25-19(15)24)11-3-1-2-10(6-11)9-26/h1-8,18,26H,9H2,(H2,24,25)(H,27,28). The molecule has 2 aromatic carbocycles.